The summed E-state index contributed by atoms with van der Waals surface area (Å²) in [5, 5.41) is 6.78. The smallest absolute Gasteiger partial charge is 0.407 e. The number of rotatable bonds is 5. The first kappa shape index (κ1) is 17.7. The first-order valence-electron chi connectivity index (χ1n) is 8.31. The highest BCUT2D eigenvalue weighted by atomic mass is 16.6. The molecule has 1 aliphatic rings. The summed E-state index contributed by atoms with van der Waals surface area (Å²) in [7, 11) is 2.12. The molecule has 1 amide bonds. The topological polar surface area (TPSA) is 80.5 Å². The molecule has 1 N–H and O–H groups in total. The monoisotopic (exact) mass is 324 g/mol. The quantitative estimate of drug-likeness (QED) is 0.837. The Balaban J connectivity index is 1.70. The number of hydrogen-bond acceptors (Lipinski definition) is 6. The maximum Gasteiger partial charge on any atom is 0.407 e. The van der Waals surface area contributed by atoms with Gasteiger partial charge in [-0.1, -0.05) is 5.16 Å². The van der Waals surface area contributed by atoms with Gasteiger partial charge in [0.1, 0.15) is 5.60 Å². The van der Waals surface area contributed by atoms with E-state index < -0.39 is 11.7 Å². The third kappa shape index (κ3) is 6.17. The van der Waals surface area contributed by atoms with Gasteiger partial charge in [-0.05, 0) is 53.6 Å². The van der Waals surface area contributed by atoms with E-state index in [0.717, 1.165) is 31.8 Å². The molecule has 2 rings (SSSR count). The lowest BCUT2D eigenvalue weighted by molar-refractivity contribution is 0.0527. The Morgan fingerprint density at radius 1 is 1.48 bits per heavy atom. The fraction of sp³-hybridized carbons (Fsp3) is 0.812. The van der Waals surface area contributed by atoms with Gasteiger partial charge >= 0.3 is 6.09 Å². The summed E-state index contributed by atoms with van der Waals surface area (Å²) in [6, 6.07) is 0. The van der Waals surface area contributed by atoms with Crippen LogP contribution in [0.5, 0.6) is 0 Å². The minimum absolute atomic E-state index is 0.342. The lowest BCUT2D eigenvalue weighted by Crippen LogP contribution is -2.33. The first-order valence-corrected chi connectivity index (χ1v) is 8.31. The number of ether oxygens (including phenoxy) is 1. The fourth-order valence-electron chi connectivity index (χ4n) is 2.65. The number of amides is 1. The second-order valence-electron chi connectivity index (χ2n) is 7.18. The van der Waals surface area contributed by atoms with Crippen molar-refractivity contribution in [2.75, 3.05) is 26.7 Å². The third-order valence-corrected chi connectivity index (χ3v) is 3.70. The van der Waals surface area contributed by atoms with Crippen LogP contribution in [0.4, 0.5) is 4.79 Å². The van der Waals surface area contributed by atoms with Crippen molar-refractivity contribution < 1.29 is 14.1 Å². The van der Waals surface area contributed by atoms with Crippen molar-refractivity contribution in [3.8, 4) is 0 Å². The highest BCUT2D eigenvalue weighted by molar-refractivity contribution is 5.67. The molecule has 2 heterocycles. The molecule has 0 spiro atoms. The second kappa shape index (κ2) is 7.77. The average molecular weight is 324 g/mol. The lowest BCUT2D eigenvalue weighted by atomic mass is 9.98. The number of likely N-dealkylation sites (tertiary alicyclic amines) is 1. The van der Waals surface area contributed by atoms with Gasteiger partial charge < -0.3 is 19.5 Å². The number of carbonyl (C=O) groups is 1. The Labute approximate surface area is 137 Å². The summed E-state index contributed by atoms with van der Waals surface area (Å²) >= 11 is 0. The van der Waals surface area contributed by atoms with E-state index in [4.69, 9.17) is 9.26 Å². The average Bonchev–Trinajstić information content (AvgIpc) is 2.90. The normalized spacial score (nSPS) is 19.6. The number of nitrogens with one attached hydrogen (secondary N) is 1. The third-order valence-electron chi connectivity index (χ3n) is 3.70. The van der Waals surface area contributed by atoms with E-state index in [2.05, 4.69) is 27.4 Å². The number of likely N-dealkylation sites (N-methyl/N-ethyl adjacent to an activating group) is 1. The Hall–Kier alpha value is -1.63. The van der Waals surface area contributed by atoms with Gasteiger partial charge in [0.25, 0.3) is 0 Å². The van der Waals surface area contributed by atoms with Crippen LogP contribution in [0.2, 0.25) is 0 Å². The molecule has 0 aromatic carbocycles. The van der Waals surface area contributed by atoms with Gasteiger partial charge in [-0.15, -0.1) is 0 Å². The van der Waals surface area contributed by atoms with Gasteiger partial charge in [-0.2, -0.15) is 4.98 Å². The number of alkyl carbamates (subject to hydrolysis) is 1. The molecule has 1 aromatic rings. The number of nitrogens with zero attached hydrogens (tertiary/aromatic N) is 3. The SMILES string of the molecule is CN1CCCC(c2nc(CCCNC(=O)OC(C)(C)C)no2)C1. The fourth-order valence-corrected chi connectivity index (χ4v) is 2.65. The van der Waals surface area contributed by atoms with Crippen molar-refractivity contribution in [2.24, 2.45) is 0 Å². The molecular weight excluding hydrogens is 296 g/mol. The van der Waals surface area contributed by atoms with E-state index in [1.807, 2.05) is 20.8 Å². The lowest BCUT2D eigenvalue weighted by Gasteiger charge is -2.27. The van der Waals surface area contributed by atoms with E-state index in [1.54, 1.807) is 0 Å². The second-order valence-corrected chi connectivity index (χ2v) is 7.18. The molecule has 1 aromatic heterocycles. The zero-order valence-electron chi connectivity index (χ0n) is 14.6. The van der Waals surface area contributed by atoms with Crippen LogP contribution in [0.3, 0.4) is 0 Å². The van der Waals surface area contributed by atoms with Crippen LogP contribution in [0.15, 0.2) is 4.52 Å². The zero-order chi connectivity index (χ0) is 16.9. The summed E-state index contributed by atoms with van der Waals surface area (Å²) in [5.74, 6) is 1.79. The largest absolute Gasteiger partial charge is 0.444 e. The number of hydrogen-bond donors (Lipinski definition) is 1. The van der Waals surface area contributed by atoms with Crippen LogP contribution < -0.4 is 5.32 Å². The Morgan fingerprint density at radius 2 is 2.26 bits per heavy atom. The molecule has 0 radical (unpaired) electrons. The summed E-state index contributed by atoms with van der Waals surface area (Å²) < 4.78 is 10.6. The minimum atomic E-state index is -0.472. The van der Waals surface area contributed by atoms with Gasteiger partial charge in [0.2, 0.25) is 5.89 Å². The van der Waals surface area contributed by atoms with Gasteiger partial charge in [-0.25, -0.2) is 4.79 Å². The maximum atomic E-state index is 11.5. The van der Waals surface area contributed by atoms with Crippen molar-refractivity contribution in [1.82, 2.24) is 20.4 Å². The van der Waals surface area contributed by atoms with E-state index >= 15 is 0 Å². The van der Waals surface area contributed by atoms with Crippen molar-refractivity contribution in [3.05, 3.63) is 11.7 Å². The van der Waals surface area contributed by atoms with Crippen LogP contribution in [-0.2, 0) is 11.2 Å². The van der Waals surface area contributed by atoms with Crippen LogP contribution >= 0.6 is 0 Å². The highest BCUT2D eigenvalue weighted by Crippen LogP contribution is 2.24. The van der Waals surface area contributed by atoms with Crippen LogP contribution in [0.25, 0.3) is 0 Å². The molecule has 7 heteroatoms. The van der Waals surface area contributed by atoms with E-state index in [0.29, 0.717) is 24.7 Å². The molecule has 1 fully saturated rings. The maximum absolute atomic E-state index is 11.5. The minimum Gasteiger partial charge on any atom is -0.444 e. The molecule has 0 saturated carbocycles. The van der Waals surface area contributed by atoms with Crippen molar-refractivity contribution in [3.63, 3.8) is 0 Å². The number of piperidine rings is 1. The zero-order valence-corrected chi connectivity index (χ0v) is 14.6. The molecule has 23 heavy (non-hydrogen) atoms. The summed E-state index contributed by atoms with van der Waals surface area (Å²) in [6.45, 7) is 8.17. The standard InChI is InChI=1S/C16H28N4O3/c1-16(2,3)22-15(21)17-9-5-8-13-18-14(23-19-13)12-7-6-10-20(4)11-12/h12H,5-11H2,1-4H3,(H,17,21). The molecule has 1 aliphatic heterocycles. The molecule has 1 unspecified atom stereocenters. The van der Waals surface area contributed by atoms with Crippen molar-refractivity contribution >= 4 is 6.09 Å². The predicted molar refractivity (Wildman–Crippen MR) is 86.3 cm³/mol. The molecule has 7 nitrogen and oxygen atoms in total. The predicted octanol–water partition coefficient (Wildman–Crippen LogP) is 2.34. The Morgan fingerprint density at radius 3 is 2.96 bits per heavy atom. The van der Waals surface area contributed by atoms with E-state index in [9.17, 15) is 4.79 Å². The number of aromatic nitrogens is 2. The number of aryl methyl sites for hydroxylation is 1. The molecule has 1 atom stereocenters. The molecule has 0 aliphatic carbocycles. The van der Waals surface area contributed by atoms with E-state index in [-0.39, 0.29) is 0 Å². The Bertz CT molecular complexity index is 510. The molecular formula is C16H28N4O3. The first-order chi connectivity index (χ1) is 10.8. The summed E-state index contributed by atoms with van der Waals surface area (Å²) in [4.78, 5) is 18.3. The van der Waals surface area contributed by atoms with Gasteiger partial charge in [0.05, 0.1) is 5.92 Å². The molecule has 0 bridgehead atoms. The van der Waals surface area contributed by atoms with Gasteiger partial charge in [0, 0.05) is 19.5 Å². The summed E-state index contributed by atoms with van der Waals surface area (Å²) in [6.07, 6.45) is 3.31. The molecule has 130 valence electrons. The van der Waals surface area contributed by atoms with Crippen molar-refractivity contribution in [2.45, 2.75) is 58.0 Å². The number of carbonyl (C=O) groups excluding carboxylic acids is 1. The van der Waals surface area contributed by atoms with Crippen LogP contribution in [-0.4, -0.2) is 53.4 Å². The highest BCUT2D eigenvalue weighted by Gasteiger charge is 2.24. The Kier molecular flexibility index (Phi) is 5.98. The van der Waals surface area contributed by atoms with Crippen molar-refractivity contribution in [1.29, 1.82) is 0 Å². The van der Waals surface area contributed by atoms with Gasteiger partial charge in [0.15, 0.2) is 5.82 Å². The van der Waals surface area contributed by atoms with Crippen LogP contribution in [0, 0.1) is 0 Å². The summed E-state index contributed by atoms with van der Waals surface area (Å²) in [5.41, 5.74) is -0.472. The van der Waals surface area contributed by atoms with E-state index in [1.165, 1.54) is 6.42 Å². The van der Waals surface area contributed by atoms with Gasteiger partial charge in [-0.3, -0.25) is 0 Å². The van der Waals surface area contributed by atoms with Crippen LogP contribution in [0.1, 0.15) is 57.7 Å². The molecule has 1 saturated heterocycles.